The minimum absolute atomic E-state index is 0.0437. The van der Waals surface area contributed by atoms with Gasteiger partial charge in [-0.25, -0.2) is 4.79 Å². The number of nitrogens with two attached hydrogens (primary N) is 2. The zero-order valence-electron chi connectivity index (χ0n) is 22.0. The predicted molar refractivity (Wildman–Crippen MR) is 147 cm³/mol. The topological polar surface area (TPSA) is 173 Å². The molecule has 2 saturated heterocycles. The number of piperazine rings is 2. The van der Waals surface area contributed by atoms with E-state index in [1.165, 1.54) is 6.07 Å². The molecule has 2 aliphatic rings. The quantitative estimate of drug-likeness (QED) is 0.303. The van der Waals surface area contributed by atoms with E-state index in [0.29, 0.717) is 75.9 Å². The lowest BCUT2D eigenvalue weighted by Crippen LogP contribution is -2.50. The molecular formula is C27H34N8O4. The van der Waals surface area contributed by atoms with Crippen molar-refractivity contribution in [3.63, 3.8) is 0 Å². The number of rotatable bonds is 6. The van der Waals surface area contributed by atoms with Crippen LogP contribution in [0.3, 0.4) is 0 Å². The fraction of sp³-hybridized carbons (Fsp3) is 0.370. The van der Waals surface area contributed by atoms with E-state index in [4.69, 9.17) is 16.9 Å². The first-order chi connectivity index (χ1) is 18.7. The zero-order chi connectivity index (χ0) is 28.1. The van der Waals surface area contributed by atoms with Gasteiger partial charge in [0.15, 0.2) is 5.96 Å². The molecule has 0 saturated carbocycles. The smallest absolute Gasteiger partial charge is 0.335 e. The van der Waals surface area contributed by atoms with Crippen LogP contribution < -0.4 is 11.5 Å². The Kier molecular flexibility index (Phi) is 8.45. The maximum Gasteiger partial charge on any atom is 0.335 e. The van der Waals surface area contributed by atoms with Crippen LogP contribution in [0.2, 0.25) is 0 Å². The summed E-state index contributed by atoms with van der Waals surface area (Å²) in [6.45, 7) is 4.52. The number of hydrogen-bond acceptors (Lipinski definition) is 6. The monoisotopic (exact) mass is 534 g/mol. The van der Waals surface area contributed by atoms with Gasteiger partial charge < -0.3 is 31.3 Å². The second-order valence-electron chi connectivity index (χ2n) is 9.64. The van der Waals surface area contributed by atoms with E-state index in [9.17, 15) is 19.5 Å². The molecule has 0 aliphatic carbocycles. The van der Waals surface area contributed by atoms with Crippen LogP contribution in [0.4, 0.5) is 0 Å². The third-order valence-corrected chi connectivity index (χ3v) is 7.13. The minimum Gasteiger partial charge on any atom is -0.478 e. The van der Waals surface area contributed by atoms with Crippen molar-refractivity contribution in [1.82, 2.24) is 19.6 Å². The SMILES string of the molecule is CN=C(N)c1ccc(C(=O)N2CCN(C(=O)c3cc(CN4CCN(C(=N)N)CC4)cc(C(=O)O)c3)CC2)cc1. The Morgan fingerprint density at radius 2 is 1.26 bits per heavy atom. The van der Waals surface area contributed by atoms with Crippen molar-refractivity contribution >= 4 is 29.6 Å². The lowest BCUT2D eigenvalue weighted by molar-refractivity contribution is 0.0535. The molecule has 2 aliphatic heterocycles. The zero-order valence-corrected chi connectivity index (χ0v) is 22.0. The summed E-state index contributed by atoms with van der Waals surface area (Å²) in [5, 5.41) is 17.2. The first-order valence-electron chi connectivity index (χ1n) is 12.8. The summed E-state index contributed by atoms with van der Waals surface area (Å²) in [4.78, 5) is 49.4. The fourth-order valence-corrected chi connectivity index (χ4v) is 4.83. The first-order valence-corrected chi connectivity index (χ1v) is 12.8. The standard InChI is InChI=1S/C27H34N8O4/c1-31-23(28)19-2-4-20(5-3-19)24(36)33-10-12-34(13-11-33)25(37)21-14-18(15-22(16-21)26(38)39)17-32-6-8-35(9-7-32)27(29)30/h2-5,14-16H,6-13,17H2,1H3,(H2,28,31)(H3,29,30)(H,38,39). The van der Waals surface area contributed by atoms with E-state index < -0.39 is 5.97 Å². The number of guanidine groups is 1. The minimum atomic E-state index is -1.10. The molecule has 6 N–H and O–H groups in total. The van der Waals surface area contributed by atoms with Gasteiger partial charge in [0.05, 0.1) is 5.56 Å². The number of hydrogen-bond donors (Lipinski definition) is 4. The number of carbonyl (C=O) groups excluding carboxylic acids is 2. The van der Waals surface area contributed by atoms with E-state index in [1.54, 1.807) is 58.1 Å². The van der Waals surface area contributed by atoms with Crippen molar-refractivity contribution in [2.45, 2.75) is 6.54 Å². The molecule has 0 spiro atoms. The summed E-state index contributed by atoms with van der Waals surface area (Å²) < 4.78 is 0. The van der Waals surface area contributed by atoms with E-state index >= 15 is 0 Å². The van der Waals surface area contributed by atoms with Crippen LogP contribution in [0.1, 0.15) is 42.2 Å². The third kappa shape index (κ3) is 6.52. The summed E-state index contributed by atoms with van der Waals surface area (Å²) in [6.07, 6.45) is 0. The van der Waals surface area contributed by atoms with Crippen molar-refractivity contribution < 1.29 is 19.5 Å². The molecule has 39 heavy (non-hydrogen) atoms. The van der Waals surface area contributed by atoms with Gasteiger partial charge in [-0.2, -0.15) is 0 Å². The Balaban J connectivity index is 1.40. The molecule has 0 atom stereocenters. The van der Waals surface area contributed by atoms with Gasteiger partial charge in [-0.15, -0.1) is 0 Å². The number of aliphatic imine (C=N–C) groups is 1. The van der Waals surface area contributed by atoms with Crippen LogP contribution in [-0.2, 0) is 6.54 Å². The molecule has 4 rings (SSSR count). The summed E-state index contributed by atoms with van der Waals surface area (Å²) in [6, 6.07) is 11.7. The summed E-state index contributed by atoms with van der Waals surface area (Å²) in [7, 11) is 1.60. The van der Waals surface area contributed by atoms with Crippen molar-refractivity contribution in [2.24, 2.45) is 16.5 Å². The normalized spacial score (nSPS) is 16.7. The van der Waals surface area contributed by atoms with Gasteiger partial charge in [0.2, 0.25) is 0 Å². The average Bonchev–Trinajstić information content (AvgIpc) is 2.96. The highest BCUT2D eigenvalue weighted by Crippen LogP contribution is 2.18. The highest BCUT2D eigenvalue weighted by molar-refractivity contribution is 6.00. The molecule has 12 heteroatoms. The predicted octanol–water partition coefficient (Wildman–Crippen LogP) is 0.329. The molecule has 0 aromatic heterocycles. The summed E-state index contributed by atoms with van der Waals surface area (Å²) in [5.74, 6) is -1.04. The number of aromatic carboxylic acids is 1. The molecule has 0 bridgehead atoms. The average molecular weight is 535 g/mol. The van der Waals surface area contributed by atoms with Gasteiger partial charge in [-0.05, 0) is 35.9 Å². The van der Waals surface area contributed by atoms with Gasteiger partial charge >= 0.3 is 5.97 Å². The number of carboxylic acid groups (broad SMARTS) is 1. The fourth-order valence-electron chi connectivity index (χ4n) is 4.83. The maximum atomic E-state index is 13.4. The van der Waals surface area contributed by atoms with Crippen molar-refractivity contribution in [1.29, 1.82) is 5.41 Å². The van der Waals surface area contributed by atoms with Gasteiger partial charge in [0.1, 0.15) is 5.84 Å². The van der Waals surface area contributed by atoms with Crippen LogP contribution in [0.15, 0.2) is 47.5 Å². The molecule has 2 heterocycles. The van der Waals surface area contributed by atoms with Crippen molar-refractivity contribution in [2.75, 3.05) is 59.4 Å². The number of benzene rings is 2. The number of amides is 2. The highest BCUT2D eigenvalue weighted by Gasteiger charge is 2.27. The lowest BCUT2D eigenvalue weighted by atomic mass is 10.0. The Labute approximate surface area is 227 Å². The summed E-state index contributed by atoms with van der Waals surface area (Å²) in [5.41, 5.74) is 13.8. The van der Waals surface area contributed by atoms with Gasteiger partial charge in [0.25, 0.3) is 11.8 Å². The molecule has 2 aromatic carbocycles. The Morgan fingerprint density at radius 3 is 1.77 bits per heavy atom. The van der Waals surface area contributed by atoms with Crippen molar-refractivity contribution in [3.8, 4) is 0 Å². The molecule has 2 amide bonds. The number of carbonyl (C=O) groups is 3. The highest BCUT2D eigenvalue weighted by atomic mass is 16.4. The van der Waals surface area contributed by atoms with Crippen LogP contribution in [0.5, 0.6) is 0 Å². The van der Waals surface area contributed by atoms with Gasteiger partial charge in [0, 0.05) is 82.6 Å². The molecule has 12 nitrogen and oxygen atoms in total. The Bertz CT molecular complexity index is 1280. The largest absolute Gasteiger partial charge is 0.478 e. The second kappa shape index (κ2) is 11.9. The molecule has 0 unspecified atom stereocenters. The number of amidine groups is 1. The number of nitrogens with zero attached hydrogens (tertiary/aromatic N) is 5. The van der Waals surface area contributed by atoms with Crippen molar-refractivity contribution in [3.05, 3.63) is 70.3 Å². The number of carboxylic acids is 1. The maximum absolute atomic E-state index is 13.4. The van der Waals surface area contributed by atoms with Crippen LogP contribution in [-0.4, -0.2) is 114 Å². The molecule has 2 fully saturated rings. The first kappa shape index (κ1) is 27.6. The van der Waals surface area contributed by atoms with Crippen LogP contribution in [0.25, 0.3) is 0 Å². The molecular weight excluding hydrogens is 500 g/mol. The second-order valence-corrected chi connectivity index (χ2v) is 9.64. The molecule has 0 radical (unpaired) electrons. The lowest BCUT2D eigenvalue weighted by Gasteiger charge is -2.35. The van der Waals surface area contributed by atoms with Crippen LogP contribution in [0, 0.1) is 5.41 Å². The molecule has 206 valence electrons. The Hall–Kier alpha value is -4.45. The molecule has 2 aromatic rings. The third-order valence-electron chi connectivity index (χ3n) is 7.13. The van der Waals surface area contributed by atoms with Gasteiger partial charge in [-0.1, -0.05) is 12.1 Å². The van der Waals surface area contributed by atoms with E-state index in [0.717, 1.165) is 11.1 Å². The Morgan fingerprint density at radius 1 is 0.769 bits per heavy atom. The van der Waals surface area contributed by atoms with Crippen LogP contribution >= 0.6 is 0 Å². The summed E-state index contributed by atoms with van der Waals surface area (Å²) >= 11 is 0. The number of nitrogens with one attached hydrogen (secondary N) is 1. The van der Waals surface area contributed by atoms with E-state index in [2.05, 4.69) is 9.89 Å². The van der Waals surface area contributed by atoms with E-state index in [-0.39, 0.29) is 23.3 Å². The van der Waals surface area contributed by atoms with E-state index in [1.807, 2.05) is 0 Å². The van der Waals surface area contributed by atoms with Gasteiger partial charge in [-0.3, -0.25) is 24.9 Å².